The Balaban J connectivity index is 2.68. The molecule has 24 heavy (non-hydrogen) atoms. The van der Waals surface area contributed by atoms with Crippen molar-refractivity contribution < 1.29 is 4.79 Å². The van der Waals surface area contributed by atoms with Crippen molar-refractivity contribution in [3.63, 3.8) is 0 Å². The first-order chi connectivity index (χ1) is 11.3. The Morgan fingerprint density at radius 3 is 1.75 bits per heavy atom. The van der Waals surface area contributed by atoms with Crippen molar-refractivity contribution in [3.05, 3.63) is 71.8 Å². The minimum Gasteiger partial charge on any atom is -0.298 e. The van der Waals surface area contributed by atoms with Crippen LogP contribution < -0.4 is 5.50 Å². The minimum absolute atomic E-state index is 0.264. The SMILES string of the molecule is CCC(=O)C(CC(C)[P+](C)(C)N)(c1ccccc1)c1ccccc1. The van der Waals surface area contributed by atoms with Crippen molar-refractivity contribution in [3.8, 4) is 0 Å². The van der Waals surface area contributed by atoms with Gasteiger partial charge in [-0.15, -0.1) is 0 Å². The zero-order valence-corrected chi connectivity index (χ0v) is 16.1. The predicted molar refractivity (Wildman–Crippen MR) is 106 cm³/mol. The lowest BCUT2D eigenvalue weighted by Crippen LogP contribution is -2.40. The van der Waals surface area contributed by atoms with E-state index < -0.39 is 12.8 Å². The first kappa shape index (κ1) is 18.8. The van der Waals surface area contributed by atoms with Crippen LogP contribution in [0.1, 0.15) is 37.8 Å². The number of ketones is 1. The second-order valence-corrected chi connectivity index (χ2v) is 11.2. The smallest absolute Gasteiger partial charge is 0.147 e. The topological polar surface area (TPSA) is 43.1 Å². The number of nitrogens with two attached hydrogens (primary N) is 1. The average Bonchev–Trinajstić information content (AvgIpc) is 2.59. The molecule has 2 N–H and O–H groups in total. The van der Waals surface area contributed by atoms with E-state index >= 15 is 0 Å². The fourth-order valence-electron chi connectivity index (χ4n) is 3.26. The van der Waals surface area contributed by atoms with E-state index in [9.17, 15) is 4.79 Å². The molecule has 2 aromatic carbocycles. The fourth-order valence-corrected chi connectivity index (χ4v) is 4.01. The van der Waals surface area contributed by atoms with Crippen LogP contribution in [-0.2, 0) is 10.2 Å². The highest BCUT2D eigenvalue weighted by molar-refractivity contribution is 7.72. The molecule has 0 fully saturated rings. The summed E-state index contributed by atoms with van der Waals surface area (Å²) in [5.41, 5.74) is 8.31. The maximum atomic E-state index is 13.3. The average molecular weight is 342 g/mol. The molecule has 2 aromatic rings. The second kappa shape index (κ2) is 7.59. The van der Waals surface area contributed by atoms with Gasteiger partial charge in [-0.05, 0) is 18.1 Å². The molecule has 0 saturated carbocycles. The number of hydrogen-bond acceptors (Lipinski definition) is 2. The lowest BCUT2D eigenvalue weighted by atomic mass is 9.67. The molecule has 1 unspecified atom stereocenters. The van der Waals surface area contributed by atoms with Crippen LogP contribution in [-0.4, -0.2) is 24.8 Å². The maximum absolute atomic E-state index is 13.3. The van der Waals surface area contributed by atoms with Crippen molar-refractivity contribution in [1.82, 2.24) is 0 Å². The summed E-state index contributed by atoms with van der Waals surface area (Å²) in [7, 11) is -1.55. The fraction of sp³-hybridized carbons (Fsp3) is 0.381. The van der Waals surface area contributed by atoms with Crippen molar-refractivity contribution in [1.29, 1.82) is 0 Å². The highest BCUT2D eigenvalue weighted by Gasteiger charge is 2.45. The Morgan fingerprint density at radius 2 is 1.42 bits per heavy atom. The van der Waals surface area contributed by atoms with Gasteiger partial charge >= 0.3 is 0 Å². The number of hydrogen-bond donors (Lipinski definition) is 1. The molecule has 0 aromatic heterocycles. The molecule has 1 atom stereocenters. The zero-order chi connectivity index (χ0) is 17.8. The molecule has 0 radical (unpaired) electrons. The van der Waals surface area contributed by atoms with Gasteiger partial charge in [0.2, 0.25) is 0 Å². The Bertz CT molecular complexity index is 622. The van der Waals surface area contributed by atoms with Gasteiger partial charge in [0.05, 0.1) is 31.8 Å². The maximum Gasteiger partial charge on any atom is 0.147 e. The van der Waals surface area contributed by atoms with Gasteiger partial charge in [-0.3, -0.25) is 4.79 Å². The summed E-state index contributed by atoms with van der Waals surface area (Å²) < 4.78 is 0. The van der Waals surface area contributed by atoms with E-state index in [1.54, 1.807) is 0 Å². The number of carbonyl (C=O) groups is 1. The molecule has 3 heteroatoms. The Hall–Kier alpha value is -1.50. The molecule has 2 nitrogen and oxygen atoms in total. The van der Waals surface area contributed by atoms with Gasteiger partial charge in [0.1, 0.15) is 5.78 Å². The molecule has 128 valence electrons. The van der Waals surface area contributed by atoms with Crippen molar-refractivity contribution in [2.75, 3.05) is 13.3 Å². The minimum atomic E-state index is -1.55. The molecular weight excluding hydrogens is 313 g/mol. The number of carbonyl (C=O) groups excluding carboxylic acids is 1. The first-order valence-corrected chi connectivity index (χ1v) is 11.4. The molecule has 0 heterocycles. The van der Waals surface area contributed by atoms with E-state index in [2.05, 4.69) is 44.5 Å². The number of rotatable bonds is 7. The molecule has 0 amide bonds. The quantitative estimate of drug-likeness (QED) is 0.729. The summed E-state index contributed by atoms with van der Waals surface area (Å²) in [6.07, 6.45) is 1.27. The Morgan fingerprint density at radius 1 is 1.00 bits per heavy atom. The van der Waals surface area contributed by atoms with Gasteiger partial charge in [0.25, 0.3) is 0 Å². The largest absolute Gasteiger partial charge is 0.298 e. The Labute approximate surface area is 146 Å². The highest BCUT2D eigenvalue weighted by atomic mass is 31.2. The summed E-state index contributed by atoms with van der Waals surface area (Å²) in [5.74, 6) is 0.264. The normalized spacial score (nSPS) is 13.5. The lowest BCUT2D eigenvalue weighted by Gasteiger charge is -2.37. The second-order valence-electron chi connectivity index (χ2n) is 7.10. The molecule has 0 saturated heterocycles. The molecule has 0 aliphatic heterocycles. The monoisotopic (exact) mass is 342 g/mol. The van der Waals surface area contributed by atoms with Crippen LogP contribution >= 0.6 is 7.41 Å². The van der Waals surface area contributed by atoms with Crippen LogP contribution in [0.5, 0.6) is 0 Å². The molecule has 2 rings (SSSR count). The zero-order valence-electron chi connectivity index (χ0n) is 15.2. The van der Waals surface area contributed by atoms with E-state index in [0.29, 0.717) is 12.1 Å². The van der Waals surface area contributed by atoms with Gasteiger partial charge in [0, 0.05) is 12.8 Å². The van der Waals surface area contributed by atoms with E-state index in [-0.39, 0.29) is 5.78 Å². The van der Waals surface area contributed by atoms with Crippen LogP contribution in [0, 0.1) is 0 Å². The molecule has 0 aliphatic rings. The third-order valence-electron chi connectivity index (χ3n) is 5.07. The van der Waals surface area contributed by atoms with Crippen LogP contribution in [0.4, 0.5) is 0 Å². The van der Waals surface area contributed by atoms with Crippen molar-refractivity contribution in [2.24, 2.45) is 5.50 Å². The predicted octanol–water partition coefficient (Wildman–Crippen LogP) is 4.88. The molecule has 0 aliphatic carbocycles. The number of Topliss-reactive ketones (excluding diaryl/α,β-unsaturated/α-hetero) is 1. The summed E-state index contributed by atoms with van der Waals surface area (Å²) in [4.78, 5) is 13.3. The van der Waals surface area contributed by atoms with Crippen LogP contribution in [0.25, 0.3) is 0 Å². The summed E-state index contributed by atoms with van der Waals surface area (Å²) in [6, 6.07) is 20.4. The van der Waals surface area contributed by atoms with Crippen molar-refractivity contribution in [2.45, 2.75) is 37.8 Å². The van der Waals surface area contributed by atoms with Gasteiger partial charge < -0.3 is 0 Å². The highest BCUT2D eigenvalue weighted by Crippen LogP contribution is 2.53. The van der Waals surface area contributed by atoms with Gasteiger partial charge in [-0.25, -0.2) is 5.50 Å². The summed E-state index contributed by atoms with van der Waals surface area (Å²) >= 11 is 0. The van der Waals surface area contributed by atoms with E-state index in [4.69, 9.17) is 5.50 Å². The van der Waals surface area contributed by atoms with Crippen LogP contribution in [0.15, 0.2) is 60.7 Å². The van der Waals surface area contributed by atoms with E-state index in [1.165, 1.54) is 0 Å². The van der Waals surface area contributed by atoms with E-state index in [0.717, 1.165) is 17.5 Å². The molecular formula is C21H29NOP+. The van der Waals surface area contributed by atoms with Crippen LogP contribution in [0.2, 0.25) is 0 Å². The lowest BCUT2D eigenvalue weighted by molar-refractivity contribution is -0.123. The summed E-state index contributed by atoms with van der Waals surface area (Å²) in [5, 5.41) is 0. The summed E-state index contributed by atoms with van der Waals surface area (Å²) in [6.45, 7) is 8.44. The van der Waals surface area contributed by atoms with Gasteiger partial charge in [-0.1, -0.05) is 67.6 Å². The third-order valence-corrected chi connectivity index (χ3v) is 7.52. The van der Waals surface area contributed by atoms with Gasteiger partial charge in [-0.2, -0.15) is 0 Å². The standard InChI is InChI=1S/C21H29NOP/c1-5-20(23)21(16-17(2)24(3,4)22,18-12-8-6-9-13-18)19-14-10-7-11-15-19/h6-15,17H,5,16,22H2,1-4H3/q+1. The van der Waals surface area contributed by atoms with Crippen LogP contribution in [0.3, 0.4) is 0 Å². The molecule has 0 spiro atoms. The molecule has 0 bridgehead atoms. The van der Waals surface area contributed by atoms with Crippen molar-refractivity contribution >= 4 is 13.2 Å². The third kappa shape index (κ3) is 3.77. The van der Waals surface area contributed by atoms with E-state index in [1.807, 2.05) is 43.3 Å². The van der Waals surface area contributed by atoms with Gasteiger partial charge in [0.15, 0.2) is 0 Å². The Kier molecular flexibility index (Phi) is 5.96. The number of benzene rings is 2. The first-order valence-electron chi connectivity index (χ1n) is 8.59.